The van der Waals surface area contributed by atoms with Crippen molar-refractivity contribution in [2.75, 3.05) is 7.11 Å². The van der Waals surface area contributed by atoms with E-state index in [1.165, 1.54) is 11.8 Å². The molecule has 0 saturated carbocycles. The van der Waals surface area contributed by atoms with Crippen molar-refractivity contribution in [2.24, 2.45) is 5.92 Å². The maximum Gasteiger partial charge on any atom is 0.341 e. The summed E-state index contributed by atoms with van der Waals surface area (Å²) in [6.07, 6.45) is 3.45. The van der Waals surface area contributed by atoms with Crippen LogP contribution in [0.4, 0.5) is 0 Å². The van der Waals surface area contributed by atoms with E-state index in [1.54, 1.807) is 12.4 Å². The monoisotopic (exact) mass is 339 g/mol. The van der Waals surface area contributed by atoms with Crippen LogP contribution in [0.25, 0.3) is 16.9 Å². The maximum atomic E-state index is 12.9. The number of ether oxygens (including phenoxy) is 1. The lowest BCUT2D eigenvalue weighted by molar-refractivity contribution is 0.0600. The Morgan fingerprint density at radius 2 is 1.96 bits per heavy atom. The number of aryl methyl sites for hydroxylation is 1. The van der Waals surface area contributed by atoms with Crippen LogP contribution in [0.3, 0.4) is 0 Å². The highest BCUT2D eigenvalue weighted by molar-refractivity contribution is 5.96. The Bertz CT molecular complexity index is 953. The fourth-order valence-corrected chi connectivity index (χ4v) is 2.91. The maximum absolute atomic E-state index is 12.9. The molecule has 0 bridgehead atoms. The SMILES string of the molecule is COC(=O)c1cn(CC(C)C)cc2c(=O)n(-c3ccccc3C)nc1-2. The number of methoxy groups -OCH3 is 1. The second kappa shape index (κ2) is 6.55. The number of carbonyl (C=O) groups excluding carboxylic acids is 1. The minimum Gasteiger partial charge on any atom is -0.465 e. The molecule has 130 valence electrons. The van der Waals surface area contributed by atoms with Gasteiger partial charge in [0.2, 0.25) is 0 Å². The number of aromatic nitrogens is 3. The minimum absolute atomic E-state index is 0.243. The minimum atomic E-state index is -0.502. The van der Waals surface area contributed by atoms with Crippen molar-refractivity contribution >= 4 is 5.97 Å². The Hall–Kier alpha value is -2.89. The summed E-state index contributed by atoms with van der Waals surface area (Å²) in [5.41, 5.74) is 2.46. The van der Waals surface area contributed by atoms with Crippen LogP contribution >= 0.6 is 0 Å². The smallest absolute Gasteiger partial charge is 0.341 e. The van der Waals surface area contributed by atoms with Crippen LogP contribution in [0.1, 0.15) is 29.8 Å². The summed E-state index contributed by atoms with van der Waals surface area (Å²) >= 11 is 0. The molecule has 0 unspecified atom stereocenters. The number of esters is 1. The van der Waals surface area contributed by atoms with Crippen LogP contribution in [0.15, 0.2) is 41.5 Å². The fourth-order valence-electron chi connectivity index (χ4n) is 2.91. The van der Waals surface area contributed by atoms with Gasteiger partial charge in [-0.1, -0.05) is 32.0 Å². The molecule has 0 amide bonds. The van der Waals surface area contributed by atoms with E-state index in [2.05, 4.69) is 18.9 Å². The molecule has 2 heterocycles. The van der Waals surface area contributed by atoms with Gasteiger partial charge in [0.25, 0.3) is 5.56 Å². The lowest BCUT2D eigenvalue weighted by Crippen LogP contribution is -2.17. The van der Waals surface area contributed by atoms with E-state index in [0.717, 1.165) is 5.56 Å². The summed E-state index contributed by atoms with van der Waals surface area (Å²) in [5, 5.41) is 4.42. The number of nitrogens with zero attached hydrogens (tertiary/aromatic N) is 3. The number of para-hydroxylation sites is 1. The molecule has 0 N–H and O–H groups in total. The topological polar surface area (TPSA) is 66.1 Å². The number of hydrogen-bond acceptors (Lipinski definition) is 4. The third kappa shape index (κ3) is 3.07. The number of pyridine rings is 1. The predicted octanol–water partition coefficient (Wildman–Crippen LogP) is 2.89. The molecule has 0 spiro atoms. The van der Waals surface area contributed by atoms with Gasteiger partial charge in [0, 0.05) is 18.9 Å². The van der Waals surface area contributed by atoms with Gasteiger partial charge in [-0.25, -0.2) is 4.79 Å². The van der Waals surface area contributed by atoms with E-state index in [9.17, 15) is 9.59 Å². The molecule has 0 fully saturated rings. The molecule has 2 aliphatic rings. The fraction of sp³-hybridized carbons (Fsp3) is 0.316. The van der Waals surface area contributed by atoms with E-state index in [-0.39, 0.29) is 5.56 Å². The molecule has 2 aliphatic heterocycles. The Morgan fingerprint density at radius 3 is 2.60 bits per heavy atom. The van der Waals surface area contributed by atoms with Crippen molar-refractivity contribution in [1.82, 2.24) is 14.3 Å². The van der Waals surface area contributed by atoms with E-state index < -0.39 is 5.97 Å². The van der Waals surface area contributed by atoms with Crippen LogP contribution in [0.5, 0.6) is 0 Å². The first kappa shape index (κ1) is 17.0. The van der Waals surface area contributed by atoms with Crippen molar-refractivity contribution < 1.29 is 9.53 Å². The molecule has 3 rings (SSSR count). The summed E-state index contributed by atoms with van der Waals surface area (Å²) in [4.78, 5) is 25.1. The van der Waals surface area contributed by atoms with Crippen LogP contribution in [0.2, 0.25) is 0 Å². The van der Waals surface area contributed by atoms with Gasteiger partial charge < -0.3 is 9.30 Å². The molecule has 25 heavy (non-hydrogen) atoms. The lowest BCUT2D eigenvalue weighted by atomic mass is 10.1. The molecule has 1 aromatic rings. The zero-order chi connectivity index (χ0) is 18.1. The number of carbonyl (C=O) groups is 1. The summed E-state index contributed by atoms with van der Waals surface area (Å²) in [6.45, 7) is 6.75. The standard InChI is InChI=1S/C19H21N3O3/c1-12(2)9-21-10-14-17(15(11-21)19(24)25-4)20-22(18(14)23)16-8-6-5-7-13(16)3/h5-8,10-12H,9H2,1-4H3. The van der Waals surface area contributed by atoms with Crippen LogP contribution in [-0.2, 0) is 11.3 Å². The number of hydrogen-bond donors (Lipinski definition) is 0. The van der Waals surface area contributed by atoms with Crippen molar-refractivity contribution in [3.05, 3.63) is 58.1 Å². The first-order valence-electron chi connectivity index (χ1n) is 8.19. The van der Waals surface area contributed by atoms with Crippen LogP contribution in [0, 0.1) is 12.8 Å². The lowest BCUT2D eigenvalue weighted by Gasteiger charge is -2.13. The Balaban J connectivity index is 2.28. The average molecular weight is 339 g/mol. The number of rotatable bonds is 4. The molecule has 6 nitrogen and oxygen atoms in total. The van der Waals surface area contributed by atoms with Gasteiger partial charge in [-0.15, -0.1) is 0 Å². The zero-order valence-corrected chi connectivity index (χ0v) is 14.8. The van der Waals surface area contributed by atoms with E-state index in [0.29, 0.717) is 35.0 Å². The van der Waals surface area contributed by atoms with Gasteiger partial charge >= 0.3 is 5.97 Å². The van der Waals surface area contributed by atoms with Crippen LogP contribution < -0.4 is 5.56 Å². The van der Waals surface area contributed by atoms with Crippen molar-refractivity contribution in [2.45, 2.75) is 27.3 Å². The summed E-state index contributed by atoms with van der Waals surface area (Å²) in [5.74, 6) is -0.132. The van der Waals surface area contributed by atoms with Gasteiger partial charge in [0.1, 0.15) is 11.3 Å². The quantitative estimate of drug-likeness (QED) is 0.686. The molecular formula is C19H21N3O3. The van der Waals surface area contributed by atoms with Crippen molar-refractivity contribution in [1.29, 1.82) is 0 Å². The van der Waals surface area contributed by atoms with E-state index in [1.807, 2.05) is 35.8 Å². The third-order valence-corrected chi connectivity index (χ3v) is 4.05. The number of benzene rings is 1. The van der Waals surface area contributed by atoms with Crippen molar-refractivity contribution in [3.8, 4) is 16.9 Å². The normalized spacial score (nSPS) is 11.2. The number of fused-ring (bicyclic) bond motifs is 1. The molecule has 0 atom stereocenters. The highest BCUT2D eigenvalue weighted by atomic mass is 16.5. The van der Waals surface area contributed by atoms with Gasteiger partial charge in [0.15, 0.2) is 0 Å². The van der Waals surface area contributed by atoms with E-state index in [4.69, 9.17) is 4.74 Å². The first-order valence-corrected chi connectivity index (χ1v) is 8.19. The van der Waals surface area contributed by atoms with Gasteiger partial charge in [-0.2, -0.15) is 9.78 Å². The molecule has 0 aliphatic carbocycles. The third-order valence-electron chi connectivity index (χ3n) is 4.05. The second-order valence-corrected chi connectivity index (χ2v) is 6.52. The largest absolute Gasteiger partial charge is 0.465 e. The Labute approximate surface area is 146 Å². The molecule has 0 radical (unpaired) electrons. The molecular weight excluding hydrogens is 318 g/mol. The summed E-state index contributed by atoms with van der Waals surface area (Å²) < 4.78 is 8.08. The van der Waals surface area contributed by atoms with E-state index >= 15 is 0 Å². The molecule has 1 aromatic carbocycles. The highest BCUT2D eigenvalue weighted by Gasteiger charge is 2.25. The van der Waals surface area contributed by atoms with Crippen molar-refractivity contribution in [3.63, 3.8) is 0 Å². The van der Waals surface area contributed by atoms with Crippen LogP contribution in [-0.4, -0.2) is 27.4 Å². The Kier molecular flexibility index (Phi) is 4.44. The van der Waals surface area contributed by atoms with Gasteiger partial charge in [-0.05, 0) is 24.5 Å². The Morgan fingerprint density at radius 1 is 1.24 bits per heavy atom. The summed E-state index contributed by atoms with van der Waals surface area (Å²) in [6, 6.07) is 7.52. The molecule has 0 aromatic heterocycles. The zero-order valence-electron chi connectivity index (χ0n) is 14.8. The second-order valence-electron chi connectivity index (χ2n) is 6.52. The average Bonchev–Trinajstić information content (AvgIpc) is 2.90. The first-order chi connectivity index (χ1) is 11.9. The van der Waals surface area contributed by atoms with Gasteiger partial charge in [-0.3, -0.25) is 4.79 Å². The molecule has 6 heteroatoms. The van der Waals surface area contributed by atoms with Gasteiger partial charge in [0.05, 0.1) is 18.4 Å². The highest BCUT2D eigenvalue weighted by Crippen LogP contribution is 2.24. The predicted molar refractivity (Wildman–Crippen MR) is 95.4 cm³/mol. The molecule has 0 saturated heterocycles. The summed E-state index contributed by atoms with van der Waals surface area (Å²) in [7, 11) is 1.32.